The van der Waals surface area contributed by atoms with Gasteiger partial charge in [0.1, 0.15) is 17.5 Å². The van der Waals surface area contributed by atoms with Crippen LogP contribution in [0.5, 0.6) is 5.75 Å². The molecule has 0 spiro atoms. The molecular formula is C24H20F2N4O3. The largest absolute Gasteiger partial charge is 0.487 e. The van der Waals surface area contributed by atoms with Crippen LogP contribution >= 0.6 is 0 Å². The lowest BCUT2D eigenvalue weighted by Crippen LogP contribution is -2.39. The summed E-state index contributed by atoms with van der Waals surface area (Å²) in [6.45, 7) is 1.08. The Balaban J connectivity index is 1.60. The highest BCUT2D eigenvalue weighted by Gasteiger charge is 2.24. The molecule has 1 amide bonds. The van der Waals surface area contributed by atoms with Gasteiger partial charge >= 0.3 is 0 Å². The fraction of sp³-hybridized carbons (Fsp3) is 0.208. The highest BCUT2D eigenvalue weighted by atomic mass is 19.1. The van der Waals surface area contributed by atoms with E-state index in [1.165, 1.54) is 22.9 Å². The third-order valence-corrected chi connectivity index (χ3v) is 5.55. The van der Waals surface area contributed by atoms with Gasteiger partial charge in [0.2, 0.25) is 0 Å². The van der Waals surface area contributed by atoms with Crippen LogP contribution in [-0.4, -0.2) is 29.7 Å². The number of ether oxygens (including phenoxy) is 1. The number of anilines is 1. The van der Waals surface area contributed by atoms with Crippen LogP contribution in [0.4, 0.5) is 14.5 Å². The molecule has 4 rings (SSSR count). The molecule has 1 aliphatic heterocycles. The minimum Gasteiger partial charge on any atom is -0.487 e. The maximum Gasteiger partial charge on any atom is 0.267 e. The fourth-order valence-corrected chi connectivity index (χ4v) is 3.89. The Morgan fingerprint density at radius 2 is 1.85 bits per heavy atom. The number of piperidine rings is 1. The minimum absolute atomic E-state index is 0.00345. The van der Waals surface area contributed by atoms with Gasteiger partial charge in [0.05, 0.1) is 23.0 Å². The molecule has 0 saturated carbocycles. The summed E-state index contributed by atoms with van der Waals surface area (Å²) in [6.07, 6.45) is 2.38. The molecule has 2 heterocycles. The number of nitriles is 1. The number of nitrogens with zero attached hydrogens (tertiary/aromatic N) is 3. The Kier molecular flexibility index (Phi) is 6.09. The smallest absolute Gasteiger partial charge is 0.267 e. The molecule has 0 atom stereocenters. The maximum atomic E-state index is 13.9. The molecule has 0 unspecified atom stereocenters. The Labute approximate surface area is 188 Å². The number of halogens is 2. The van der Waals surface area contributed by atoms with Crippen LogP contribution in [0.1, 0.15) is 28.8 Å². The van der Waals surface area contributed by atoms with Crippen LogP contribution in [0.3, 0.4) is 0 Å². The van der Waals surface area contributed by atoms with E-state index in [-0.39, 0.29) is 17.4 Å². The Morgan fingerprint density at radius 3 is 2.52 bits per heavy atom. The average molecular weight is 450 g/mol. The number of hydrogen-bond acceptors (Lipinski definition) is 5. The molecule has 9 heteroatoms. The van der Waals surface area contributed by atoms with Crippen molar-refractivity contribution in [2.75, 3.05) is 18.0 Å². The van der Waals surface area contributed by atoms with Crippen LogP contribution in [0.2, 0.25) is 0 Å². The Hall–Kier alpha value is -4.19. The second-order valence-corrected chi connectivity index (χ2v) is 7.66. The number of amides is 1. The van der Waals surface area contributed by atoms with Gasteiger partial charge in [-0.2, -0.15) is 5.26 Å². The number of benzene rings is 2. The van der Waals surface area contributed by atoms with Crippen LogP contribution in [-0.2, 0) is 0 Å². The molecular weight excluding hydrogens is 430 g/mol. The number of primary amides is 1. The molecule has 2 N–H and O–H groups in total. The van der Waals surface area contributed by atoms with Gasteiger partial charge < -0.3 is 15.4 Å². The quantitative estimate of drug-likeness (QED) is 0.644. The molecule has 0 aliphatic carbocycles. The number of carbonyl (C=O) groups excluding carboxylic acids is 1. The molecule has 168 valence electrons. The normalized spacial score (nSPS) is 14.0. The first kappa shape index (κ1) is 22.0. The van der Waals surface area contributed by atoms with E-state index in [1.54, 1.807) is 24.3 Å². The van der Waals surface area contributed by atoms with E-state index in [2.05, 4.69) is 6.07 Å². The number of nitrogens with two attached hydrogens (primary N) is 1. The zero-order valence-electron chi connectivity index (χ0n) is 17.5. The highest BCUT2D eigenvalue weighted by Crippen LogP contribution is 2.29. The number of pyridine rings is 1. The van der Waals surface area contributed by atoms with Crippen LogP contribution in [0.15, 0.2) is 59.5 Å². The van der Waals surface area contributed by atoms with Crippen molar-refractivity contribution in [1.82, 2.24) is 4.57 Å². The van der Waals surface area contributed by atoms with Crippen molar-refractivity contribution in [3.8, 4) is 17.5 Å². The topological polar surface area (TPSA) is 101 Å². The first-order chi connectivity index (χ1) is 15.9. The number of aromatic nitrogens is 1. The van der Waals surface area contributed by atoms with Gasteiger partial charge in [0.25, 0.3) is 11.5 Å². The summed E-state index contributed by atoms with van der Waals surface area (Å²) in [7, 11) is 0. The van der Waals surface area contributed by atoms with Crippen molar-refractivity contribution < 1.29 is 18.3 Å². The summed E-state index contributed by atoms with van der Waals surface area (Å²) in [6, 6.07) is 13.1. The molecule has 3 aromatic rings. The Morgan fingerprint density at radius 1 is 1.09 bits per heavy atom. The van der Waals surface area contributed by atoms with Crippen molar-refractivity contribution in [2.24, 2.45) is 5.73 Å². The monoisotopic (exact) mass is 450 g/mol. The van der Waals surface area contributed by atoms with Crippen molar-refractivity contribution in [3.05, 3.63) is 87.8 Å². The molecule has 0 bridgehead atoms. The molecule has 1 aliphatic rings. The molecule has 7 nitrogen and oxygen atoms in total. The highest BCUT2D eigenvalue weighted by molar-refractivity contribution is 5.92. The lowest BCUT2D eigenvalue weighted by Gasteiger charge is -2.35. The first-order valence-electron chi connectivity index (χ1n) is 10.3. The first-order valence-corrected chi connectivity index (χ1v) is 10.3. The number of rotatable bonds is 5. The Bertz CT molecular complexity index is 1310. The van der Waals surface area contributed by atoms with Gasteiger partial charge in [0.15, 0.2) is 11.6 Å². The lowest BCUT2D eigenvalue weighted by atomic mass is 10.0. The summed E-state index contributed by atoms with van der Waals surface area (Å²) >= 11 is 0. The summed E-state index contributed by atoms with van der Waals surface area (Å²) in [5.41, 5.74) is 6.09. The molecule has 1 fully saturated rings. The summed E-state index contributed by atoms with van der Waals surface area (Å²) in [5, 5.41) is 9.34. The predicted octanol–water partition coefficient (Wildman–Crippen LogP) is 3.13. The van der Waals surface area contributed by atoms with E-state index in [0.717, 1.165) is 12.1 Å². The summed E-state index contributed by atoms with van der Waals surface area (Å²) in [4.78, 5) is 26.5. The van der Waals surface area contributed by atoms with Crippen molar-refractivity contribution in [3.63, 3.8) is 0 Å². The zero-order valence-corrected chi connectivity index (χ0v) is 17.5. The minimum atomic E-state index is -0.835. The maximum absolute atomic E-state index is 13.9. The van der Waals surface area contributed by atoms with Crippen LogP contribution < -0.4 is 20.9 Å². The summed E-state index contributed by atoms with van der Waals surface area (Å²) < 4.78 is 34.1. The molecule has 1 saturated heterocycles. The third kappa shape index (κ3) is 4.55. The van der Waals surface area contributed by atoms with Gasteiger partial charge in [0, 0.05) is 38.2 Å². The predicted molar refractivity (Wildman–Crippen MR) is 117 cm³/mol. The molecule has 2 aromatic carbocycles. The third-order valence-electron chi connectivity index (χ3n) is 5.55. The van der Waals surface area contributed by atoms with Gasteiger partial charge in [-0.15, -0.1) is 0 Å². The average Bonchev–Trinajstić information content (AvgIpc) is 2.81. The van der Waals surface area contributed by atoms with Gasteiger partial charge in [-0.3, -0.25) is 14.2 Å². The van der Waals surface area contributed by atoms with Crippen LogP contribution in [0.25, 0.3) is 5.69 Å². The lowest BCUT2D eigenvalue weighted by molar-refractivity contribution is 0.0998. The van der Waals surface area contributed by atoms with Crippen molar-refractivity contribution in [1.29, 1.82) is 5.26 Å². The fourth-order valence-electron chi connectivity index (χ4n) is 3.89. The summed E-state index contributed by atoms with van der Waals surface area (Å²) in [5.74, 6) is -2.25. The number of carbonyl (C=O) groups is 1. The second kappa shape index (κ2) is 9.12. The van der Waals surface area contributed by atoms with Crippen molar-refractivity contribution in [2.45, 2.75) is 18.9 Å². The second-order valence-electron chi connectivity index (χ2n) is 7.66. The van der Waals surface area contributed by atoms with E-state index < -0.39 is 23.1 Å². The van der Waals surface area contributed by atoms with E-state index >= 15 is 0 Å². The number of hydrogen-bond donors (Lipinski definition) is 1. The molecule has 0 radical (unpaired) electrons. The van der Waals surface area contributed by atoms with Crippen molar-refractivity contribution >= 4 is 11.6 Å². The standard InChI is InChI=1S/C24H20F2N4O3/c25-16-4-6-22(19(26)13-16)33-17-7-10-29(11-8-17)20-5-3-15(14-27)12-21(20)30-9-1-2-18(23(28)31)24(30)32/h1-6,9,12-13,17H,7-8,10-11H2,(H2,28,31). The van der Waals surface area contributed by atoms with Gasteiger partial charge in [-0.1, -0.05) is 0 Å². The van der Waals surface area contributed by atoms with E-state index in [1.807, 2.05) is 4.90 Å². The van der Waals surface area contributed by atoms with Gasteiger partial charge in [-0.05, 0) is 42.5 Å². The van der Waals surface area contributed by atoms with E-state index in [0.29, 0.717) is 42.9 Å². The zero-order chi connectivity index (χ0) is 23.5. The van der Waals surface area contributed by atoms with E-state index in [9.17, 15) is 23.6 Å². The SMILES string of the molecule is N#Cc1ccc(N2CCC(Oc3ccc(F)cc3F)CC2)c(-n2cccc(C(N)=O)c2=O)c1. The molecule has 1 aromatic heterocycles. The van der Waals surface area contributed by atoms with Crippen LogP contribution in [0, 0.1) is 23.0 Å². The van der Waals surface area contributed by atoms with E-state index in [4.69, 9.17) is 10.5 Å². The molecule has 33 heavy (non-hydrogen) atoms. The van der Waals surface area contributed by atoms with Gasteiger partial charge in [-0.25, -0.2) is 8.78 Å².